The van der Waals surface area contributed by atoms with Gasteiger partial charge >= 0.3 is 12.1 Å². The maximum atomic E-state index is 14.7. The van der Waals surface area contributed by atoms with Gasteiger partial charge in [-0.15, -0.1) is 6.42 Å². The number of amides is 4. The first-order valence-electron chi connectivity index (χ1n) is 18.2. The lowest BCUT2D eigenvalue weighted by Gasteiger charge is -2.35. The second kappa shape index (κ2) is 20.9. The third-order valence-electron chi connectivity index (χ3n) is 7.95. The minimum atomic E-state index is -1.26. The number of nitrogens with two attached hydrogens (primary N) is 1. The number of ether oxygens (including phenoxy) is 2. The molecule has 4 N–H and O–H groups in total. The molecule has 0 aliphatic carbocycles. The van der Waals surface area contributed by atoms with Crippen LogP contribution in [-0.2, 0) is 35.1 Å². The van der Waals surface area contributed by atoms with Gasteiger partial charge < -0.3 is 30.7 Å². The Hall–Kier alpha value is -4.85. The Bertz CT molecular complexity index is 1500. The summed E-state index contributed by atoms with van der Waals surface area (Å²) in [5, 5.41) is 5.51. The molecule has 11 nitrogen and oxygen atoms in total. The quantitative estimate of drug-likeness (QED) is 0.0897. The predicted octanol–water partition coefficient (Wildman–Crippen LogP) is 6.13. The maximum Gasteiger partial charge on any atom is 0.408 e. The predicted molar refractivity (Wildman–Crippen MR) is 202 cm³/mol. The highest BCUT2D eigenvalue weighted by molar-refractivity contribution is 5.94. The molecule has 0 aromatic heterocycles. The third-order valence-corrected chi connectivity index (χ3v) is 7.95. The van der Waals surface area contributed by atoms with Crippen LogP contribution in [0.3, 0.4) is 0 Å². The number of alkyl carbamates (subject to hydrolysis) is 1. The number of primary amides is 1. The Morgan fingerprint density at radius 3 is 1.96 bits per heavy atom. The number of hydrogen-bond acceptors (Lipinski definition) is 7. The molecule has 0 bridgehead atoms. The van der Waals surface area contributed by atoms with E-state index in [0.717, 1.165) is 37.7 Å². The van der Waals surface area contributed by atoms with Crippen LogP contribution in [0.2, 0.25) is 0 Å². The van der Waals surface area contributed by atoms with Crippen LogP contribution in [0.15, 0.2) is 54.6 Å². The zero-order chi connectivity index (χ0) is 38.9. The fourth-order valence-electron chi connectivity index (χ4n) is 5.52. The smallest absolute Gasteiger partial charge is 0.408 e. The summed E-state index contributed by atoms with van der Waals surface area (Å²) in [6.07, 6.45) is 10.0. The lowest BCUT2D eigenvalue weighted by molar-refractivity contribution is -0.159. The summed E-state index contributed by atoms with van der Waals surface area (Å²) >= 11 is 0. The van der Waals surface area contributed by atoms with E-state index in [0.29, 0.717) is 17.5 Å². The van der Waals surface area contributed by atoms with Gasteiger partial charge in [-0.3, -0.25) is 14.4 Å². The number of carbonyl (C=O) groups excluding carboxylic acids is 5. The lowest BCUT2D eigenvalue weighted by Crippen LogP contribution is -2.55. The molecule has 0 aliphatic rings. The van der Waals surface area contributed by atoms with Gasteiger partial charge in [0.1, 0.15) is 29.3 Å². The van der Waals surface area contributed by atoms with Crippen LogP contribution in [0.25, 0.3) is 0 Å². The van der Waals surface area contributed by atoms with Crippen molar-refractivity contribution in [1.29, 1.82) is 0 Å². The van der Waals surface area contributed by atoms with Gasteiger partial charge in [0, 0.05) is 24.9 Å². The summed E-state index contributed by atoms with van der Waals surface area (Å²) in [4.78, 5) is 69.2. The number of nitrogens with zero attached hydrogens (tertiary/aromatic N) is 1. The first kappa shape index (κ1) is 43.3. The maximum absolute atomic E-state index is 14.7. The first-order chi connectivity index (χ1) is 24.4. The summed E-state index contributed by atoms with van der Waals surface area (Å²) in [6.45, 7) is 12.6. The Balaban J connectivity index is 2.67. The van der Waals surface area contributed by atoms with Crippen LogP contribution in [0.4, 0.5) is 4.79 Å². The van der Waals surface area contributed by atoms with E-state index in [1.165, 1.54) is 4.90 Å². The molecule has 3 unspecified atom stereocenters. The summed E-state index contributed by atoms with van der Waals surface area (Å²) in [7, 11) is 0. The molecule has 284 valence electrons. The molecule has 0 spiro atoms. The summed E-state index contributed by atoms with van der Waals surface area (Å²) < 4.78 is 11.2. The molecule has 2 rings (SSSR count). The number of terminal acetylenes is 1. The fraction of sp³-hybridized carbons (Fsp3) is 0.537. The Morgan fingerprint density at radius 1 is 0.808 bits per heavy atom. The molecule has 0 radical (unpaired) electrons. The number of hydrogen-bond donors (Lipinski definition) is 3. The molecule has 2 aromatic rings. The van der Waals surface area contributed by atoms with Gasteiger partial charge in [-0.2, -0.15) is 0 Å². The van der Waals surface area contributed by atoms with E-state index in [-0.39, 0.29) is 25.8 Å². The second-order valence-electron chi connectivity index (χ2n) is 15.0. The molecule has 4 amide bonds. The highest BCUT2D eigenvalue weighted by Crippen LogP contribution is 2.26. The van der Waals surface area contributed by atoms with E-state index in [4.69, 9.17) is 21.6 Å². The molecule has 2 aromatic carbocycles. The lowest BCUT2D eigenvalue weighted by atomic mass is 9.98. The van der Waals surface area contributed by atoms with Gasteiger partial charge in [-0.25, -0.2) is 9.59 Å². The van der Waals surface area contributed by atoms with Crippen molar-refractivity contribution in [3.05, 3.63) is 71.3 Å². The molecule has 3 atom stereocenters. The van der Waals surface area contributed by atoms with E-state index < -0.39 is 59.1 Å². The zero-order valence-corrected chi connectivity index (χ0v) is 32.0. The molecule has 0 heterocycles. The topological polar surface area (TPSA) is 157 Å². The van der Waals surface area contributed by atoms with E-state index in [1.54, 1.807) is 65.8 Å². The Morgan fingerprint density at radius 2 is 1.40 bits per heavy atom. The van der Waals surface area contributed by atoms with Gasteiger partial charge in [-0.05, 0) is 77.6 Å². The van der Waals surface area contributed by atoms with E-state index in [1.807, 2.05) is 30.3 Å². The van der Waals surface area contributed by atoms with Crippen molar-refractivity contribution in [2.75, 3.05) is 6.54 Å². The van der Waals surface area contributed by atoms with E-state index >= 15 is 0 Å². The number of unbranched alkanes of at least 4 members (excludes halogenated alkanes) is 5. The van der Waals surface area contributed by atoms with Crippen LogP contribution >= 0.6 is 0 Å². The number of benzene rings is 2. The second-order valence-corrected chi connectivity index (χ2v) is 15.0. The van der Waals surface area contributed by atoms with Crippen molar-refractivity contribution >= 4 is 29.8 Å². The highest BCUT2D eigenvalue weighted by atomic mass is 16.6. The van der Waals surface area contributed by atoms with Crippen LogP contribution < -0.4 is 16.4 Å². The SMILES string of the molecule is C#Cc1ccc(C(C(=O)NC(Cc2ccccc2)C(=O)OC(C)(C)C)N(CCCCCCCC)C(=O)C(CCC(N)=O)NC(=O)OC(C)(C)C)cc1. The summed E-state index contributed by atoms with van der Waals surface area (Å²) in [5.41, 5.74) is 5.57. The average Bonchev–Trinajstić information content (AvgIpc) is 3.06. The van der Waals surface area contributed by atoms with E-state index in [2.05, 4.69) is 23.5 Å². The van der Waals surface area contributed by atoms with Crippen LogP contribution in [0.5, 0.6) is 0 Å². The molecule has 0 fully saturated rings. The number of rotatable bonds is 19. The minimum absolute atomic E-state index is 0.126. The standard InChI is InChI=1S/C41H58N4O7/c1-9-11-12-13-14-18-27-45(37(48)32(25-26-34(42)46)44-39(50)52-41(6,7)8)35(31-23-21-29(10-2)22-24-31)36(47)43-33(38(49)51-40(3,4)5)28-30-19-16-15-17-20-30/h2,15-17,19-24,32-33,35H,9,11-14,18,25-28H2,1,3-8H3,(H2,42,46)(H,43,47)(H,44,50). The van der Waals surface area contributed by atoms with Gasteiger partial charge in [0.2, 0.25) is 17.7 Å². The molecule has 52 heavy (non-hydrogen) atoms. The third kappa shape index (κ3) is 16.0. The summed E-state index contributed by atoms with van der Waals surface area (Å²) in [5.74, 6) is 0.0271. The minimum Gasteiger partial charge on any atom is -0.458 e. The van der Waals surface area contributed by atoms with Crippen molar-refractivity contribution in [2.45, 2.75) is 136 Å². The number of carbonyl (C=O) groups is 5. The highest BCUT2D eigenvalue weighted by Gasteiger charge is 2.38. The normalized spacial score (nSPS) is 13.1. The molecular weight excluding hydrogens is 660 g/mol. The van der Waals surface area contributed by atoms with E-state index in [9.17, 15) is 24.0 Å². The Labute approximate surface area is 309 Å². The molecule has 0 aliphatic heterocycles. The van der Waals surface area contributed by atoms with Crippen molar-refractivity contribution in [2.24, 2.45) is 5.73 Å². The largest absolute Gasteiger partial charge is 0.458 e. The van der Waals surface area contributed by atoms with Crippen molar-refractivity contribution in [3.8, 4) is 12.3 Å². The van der Waals surface area contributed by atoms with Gasteiger partial charge in [0.25, 0.3) is 0 Å². The summed E-state index contributed by atoms with van der Waals surface area (Å²) in [6, 6.07) is 12.3. The molecule has 0 saturated heterocycles. The van der Waals surface area contributed by atoms with Crippen molar-refractivity contribution in [1.82, 2.24) is 15.5 Å². The van der Waals surface area contributed by atoms with Crippen LogP contribution in [-0.4, -0.2) is 64.5 Å². The fourth-order valence-corrected chi connectivity index (χ4v) is 5.52. The molecule has 0 saturated carbocycles. The number of nitrogens with one attached hydrogen (secondary N) is 2. The molecular formula is C41H58N4O7. The molecule has 11 heteroatoms. The van der Waals surface area contributed by atoms with Crippen LogP contribution in [0, 0.1) is 12.3 Å². The van der Waals surface area contributed by atoms with Gasteiger partial charge in [0.15, 0.2) is 0 Å². The first-order valence-corrected chi connectivity index (χ1v) is 18.2. The van der Waals surface area contributed by atoms with Gasteiger partial charge in [0.05, 0.1) is 0 Å². The van der Waals surface area contributed by atoms with Crippen molar-refractivity contribution in [3.63, 3.8) is 0 Å². The monoisotopic (exact) mass is 718 g/mol. The zero-order valence-electron chi connectivity index (χ0n) is 32.0. The number of esters is 1. The van der Waals surface area contributed by atoms with Gasteiger partial charge in [-0.1, -0.05) is 87.4 Å². The average molecular weight is 719 g/mol. The Kier molecular flexibility index (Phi) is 17.4. The van der Waals surface area contributed by atoms with Crippen molar-refractivity contribution < 1.29 is 33.4 Å². The van der Waals surface area contributed by atoms with Crippen LogP contribution in [0.1, 0.15) is 123 Å².